The van der Waals surface area contributed by atoms with Gasteiger partial charge in [0.1, 0.15) is 11.6 Å². The molecule has 5 nitrogen and oxygen atoms in total. The number of hydrogen-bond acceptors (Lipinski definition) is 4. The topological polar surface area (TPSA) is 55.6 Å². The van der Waals surface area contributed by atoms with Crippen molar-refractivity contribution < 1.29 is 0 Å². The second-order valence-corrected chi connectivity index (χ2v) is 4.06. The van der Waals surface area contributed by atoms with Crippen LogP contribution in [0.3, 0.4) is 0 Å². The van der Waals surface area contributed by atoms with Crippen LogP contribution in [0, 0.1) is 13.8 Å². The molecule has 0 unspecified atom stereocenters. The van der Waals surface area contributed by atoms with E-state index in [1.165, 1.54) is 0 Å². The highest BCUT2D eigenvalue weighted by Gasteiger charge is 2.01. The zero-order valence-corrected chi connectivity index (χ0v) is 10.4. The van der Waals surface area contributed by atoms with Crippen LogP contribution in [-0.4, -0.2) is 26.1 Å². The number of aromatic nitrogens is 4. The first-order chi connectivity index (χ1) is 8.16. The number of rotatable bonds is 4. The van der Waals surface area contributed by atoms with Gasteiger partial charge < -0.3 is 9.88 Å². The van der Waals surface area contributed by atoms with Crippen molar-refractivity contribution in [2.24, 2.45) is 7.05 Å². The molecule has 0 amide bonds. The van der Waals surface area contributed by atoms with E-state index >= 15 is 0 Å². The Bertz CT molecular complexity index is 503. The largest absolute Gasteiger partial charge is 0.368 e. The summed E-state index contributed by atoms with van der Waals surface area (Å²) in [6.07, 6.45) is 6.40. The number of nitrogens with one attached hydrogen (secondary N) is 1. The smallest absolute Gasteiger partial charge is 0.144 e. The lowest BCUT2D eigenvalue weighted by molar-refractivity contribution is 0.788. The van der Waals surface area contributed by atoms with Gasteiger partial charge in [0.05, 0.1) is 17.6 Å². The fourth-order valence-electron chi connectivity index (χ4n) is 1.57. The second-order valence-electron chi connectivity index (χ2n) is 4.06. The van der Waals surface area contributed by atoms with Gasteiger partial charge in [-0.2, -0.15) is 0 Å². The molecule has 2 heterocycles. The molecule has 5 heteroatoms. The van der Waals surface area contributed by atoms with Crippen molar-refractivity contribution in [3.05, 3.63) is 35.8 Å². The quantitative estimate of drug-likeness (QED) is 0.866. The van der Waals surface area contributed by atoms with Crippen LogP contribution >= 0.6 is 0 Å². The normalized spacial score (nSPS) is 10.5. The van der Waals surface area contributed by atoms with Crippen LogP contribution in [-0.2, 0) is 13.5 Å². The predicted octanol–water partition coefficient (Wildman–Crippen LogP) is 1.48. The summed E-state index contributed by atoms with van der Waals surface area (Å²) in [5.41, 5.74) is 1.94. The molecule has 1 N–H and O–H groups in total. The highest BCUT2D eigenvalue weighted by Crippen LogP contribution is 2.05. The Morgan fingerprint density at radius 2 is 2.06 bits per heavy atom. The van der Waals surface area contributed by atoms with Crippen LogP contribution in [0.15, 0.2) is 18.6 Å². The lowest BCUT2D eigenvalue weighted by Gasteiger charge is -2.07. The molecule has 0 atom stereocenters. The zero-order chi connectivity index (χ0) is 12.3. The highest BCUT2D eigenvalue weighted by molar-refractivity contribution is 5.33. The van der Waals surface area contributed by atoms with Gasteiger partial charge in [0.25, 0.3) is 0 Å². The van der Waals surface area contributed by atoms with E-state index in [0.29, 0.717) is 0 Å². The molecule has 0 bridgehead atoms. The maximum atomic E-state index is 4.41. The molecule has 2 rings (SSSR count). The molecule has 0 aliphatic rings. The van der Waals surface area contributed by atoms with Crippen molar-refractivity contribution in [3.8, 4) is 0 Å². The van der Waals surface area contributed by atoms with Gasteiger partial charge in [-0.25, -0.2) is 9.97 Å². The van der Waals surface area contributed by atoms with Gasteiger partial charge in [0, 0.05) is 32.4 Å². The first kappa shape index (κ1) is 11.6. The van der Waals surface area contributed by atoms with Crippen molar-refractivity contribution in [1.82, 2.24) is 19.5 Å². The van der Waals surface area contributed by atoms with E-state index < -0.39 is 0 Å². The van der Waals surface area contributed by atoms with E-state index in [-0.39, 0.29) is 0 Å². The molecule has 90 valence electrons. The van der Waals surface area contributed by atoms with Gasteiger partial charge in [0.2, 0.25) is 0 Å². The lowest BCUT2D eigenvalue weighted by atomic mass is 10.3. The summed E-state index contributed by atoms with van der Waals surface area (Å²) in [4.78, 5) is 12.9. The van der Waals surface area contributed by atoms with E-state index in [0.717, 1.165) is 36.0 Å². The van der Waals surface area contributed by atoms with E-state index in [1.807, 2.05) is 37.9 Å². The number of nitrogens with zero attached hydrogens (tertiary/aromatic N) is 4. The van der Waals surface area contributed by atoms with Gasteiger partial charge in [-0.3, -0.25) is 4.98 Å². The SMILES string of the molecule is Cc1ncc(NCCc2nccn2C)nc1C. The Morgan fingerprint density at radius 1 is 1.24 bits per heavy atom. The summed E-state index contributed by atoms with van der Waals surface area (Å²) in [6.45, 7) is 4.73. The van der Waals surface area contributed by atoms with Gasteiger partial charge in [-0.1, -0.05) is 0 Å². The zero-order valence-electron chi connectivity index (χ0n) is 10.4. The number of anilines is 1. The standard InChI is InChI=1S/C12H17N5/c1-9-10(2)16-11(8-15-9)13-5-4-12-14-6-7-17(12)3/h6-8H,4-5H2,1-3H3,(H,13,16). The molecule has 0 spiro atoms. The predicted molar refractivity (Wildman–Crippen MR) is 66.9 cm³/mol. The third-order valence-corrected chi connectivity index (χ3v) is 2.77. The van der Waals surface area contributed by atoms with Crippen LogP contribution in [0.1, 0.15) is 17.2 Å². The van der Waals surface area contributed by atoms with Gasteiger partial charge in [-0.05, 0) is 13.8 Å². The van der Waals surface area contributed by atoms with Gasteiger partial charge in [0.15, 0.2) is 0 Å². The van der Waals surface area contributed by atoms with Gasteiger partial charge >= 0.3 is 0 Å². The molecule has 0 aliphatic carbocycles. The molecule has 0 radical (unpaired) electrons. The minimum Gasteiger partial charge on any atom is -0.368 e. The summed E-state index contributed by atoms with van der Waals surface area (Å²) in [5.74, 6) is 1.89. The van der Waals surface area contributed by atoms with E-state index in [4.69, 9.17) is 0 Å². The van der Waals surface area contributed by atoms with Crippen LogP contribution in [0.2, 0.25) is 0 Å². The average Bonchev–Trinajstić information content (AvgIpc) is 2.70. The van der Waals surface area contributed by atoms with E-state index in [1.54, 1.807) is 6.20 Å². The molecule has 0 aliphatic heterocycles. The molecular weight excluding hydrogens is 214 g/mol. The Morgan fingerprint density at radius 3 is 2.71 bits per heavy atom. The van der Waals surface area contributed by atoms with Gasteiger partial charge in [-0.15, -0.1) is 0 Å². The Labute approximate surface area is 101 Å². The molecule has 0 saturated heterocycles. The summed E-state index contributed by atoms with van der Waals surface area (Å²) >= 11 is 0. The molecule has 17 heavy (non-hydrogen) atoms. The average molecular weight is 231 g/mol. The van der Waals surface area contributed by atoms with Crippen LogP contribution in [0.25, 0.3) is 0 Å². The van der Waals surface area contributed by atoms with E-state index in [9.17, 15) is 0 Å². The van der Waals surface area contributed by atoms with Crippen molar-refractivity contribution in [1.29, 1.82) is 0 Å². The minimum atomic E-state index is 0.808. The van der Waals surface area contributed by atoms with Crippen molar-refractivity contribution in [3.63, 3.8) is 0 Å². The summed E-state index contributed by atoms with van der Waals surface area (Å²) in [5, 5.41) is 3.25. The van der Waals surface area contributed by atoms with Crippen molar-refractivity contribution in [2.45, 2.75) is 20.3 Å². The Kier molecular flexibility index (Phi) is 3.37. The molecule has 0 fully saturated rings. The maximum absolute atomic E-state index is 4.41. The number of hydrogen-bond donors (Lipinski definition) is 1. The summed E-state index contributed by atoms with van der Waals surface area (Å²) in [6, 6.07) is 0. The maximum Gasteiger partial charge on any atom is 0.144 e. The third kappa shape index (κ3) is 2.81. The number of aryl methyl sites for hydroxylation is 3. The van der Waals surface area contributed by atoms with Crippen LogP contribution < -0.4 is 5.32 Å². The molecule has 2 aromatic heterocycles. The monoisotopic (exact) mass is 231 g/mol. The van der Waals surface area contributed by atoms with E-state index in [2.05, 4.69) is 20.3 Å². The summed E-state index contributed by atoms with van der Waals surface area (Å²) < 4.78 is 2.02. The Hall–Kier alpha value is -1.91. The summed E-state index contributed by atoms with van der Waals surface area (Å²) in [7, 11) is 2.00. The second kappa shape index (κ2) is 4.95. The first-order valence-electron chi connectivity index (χ1n) is 5.67. The molecule has 0 saturated carbocycles. The van der Waals surface area contributed by atoms with Crippen LogP contribution in [0.5, 0.6) is 0 Å². The third-order valence-electron chi connectivity index (χ3n) is 2.77. The van der Waals surface area contributed by atoms with Crippen molar-refractivity contribution >= 4 is 5.82 Å². The fraction of sp³-hybridized carbons (Fsp3) is 0.417. The number of imidazole rings is 1. The Balaban J connectivity index is 1.90. The molecule has 2 aromatic rings. The van der Waals surface area contributed by atoms with Crippen LogP contribution in [0.4, 0.5) is 5.82 Å². The minimum absolute atomic E-state index is 0.808. The van der Waals surface area contributed by atoms with Crippen molar-refractivity contribution in [2.75, 3.05) is 11.9 Å². The highest BCUT2D eigenvalue weighted by atomic mass is 15.1. The fourth-order valence-corrected chi connectivity index (χ4v) is 1.57. The molecular formula is C12H17N5. The lowest BCUT2D eigenvalue weighted by Crippen LogP contribution is -2.10. The first-order valence-corrected chi connectivity index (χ1v) is 5.67. The molecule has 0 aromatic carbocycles.